The molecule has 5 rings (SSSR count). The molecule has 0 radical (unpaired) electrons. The van der Waals surface area contributed by atoms with Gasteiger partial charge in [-0.05, 0) is 17.7 Å². The van der Waals surface area contributed by atoms with Crippen LogP contribution in [0.3, 0.4) is 0 Å². The van der Waals surface area contributed by atoms with Crippen LogP contribution in [0.15, 0.2) is 64.2 Å². The maximum Gasteiger partial charge on any atom is 0.471 e. The number of aromatic nitrogens is 5. The van der Waals surface area contributed by atoms with Gasteiger partial charge in [0, 0.05) is 17.8 Å². The Bertz CT molecular complexity index is 1590. The van der Waals surface area contributed by atoms with Gasteiger partial charge in [-0.15, -0.1) is 11.3 Å². The van der Waals surface area contributed by atoms with Crippen LogP contribution in [-0.4, -0.2) is 24.6 Å². The fourth-order valence-corrected chi connectivity index (χ4v) is 4.44. The standard InChI is InChI=1S/C21H11ClF3N5O3S/c22-20-26-9-13(34-20)10-30-14-6-1-2-7-29(14)17(31)15(18(30)32)11-4-3-5-12(8-11)16-27-19(33-28-16)21(23,24)25/h1-9H,10H2/p+1. The van der Waals surface area contributed by atoms with Crippen LogP contribution in [0.25, 0.3) is 28.2 Å². The molecule has 0 spiro atoms. The van der Waals surface area contributed by atoms with Gasteiger partial charge in [0.25, 0.3) is 11.5 Å². The molecule has 0 aliphatic carbocycles. The number of hydrogen-bond donors (Lipinski definition) is 1. The van der Waals surface area contributed by atoms with Gasteiger partial charge in [-0.2, -0.15) is 27.1 Å². The lowest BCUT2D eigenvalue weighted by Gasteiger charge is -2.09. The lowest BCUT2D eigenvalue weighted by molar-refractivity contribution is -0.671. The van der Waals surface area contributed by atoms with Crippen molar-refractivity contribution >= 4 is 28.6 Å². The summed E-state index contributed by atoms with van der Waals surface area (Å²) in [6.07, 6.45) is -1.67. The molecule has 1 aromatic carbocycles. The van der Waals surface area contributed by atoms with E-state index in [0.717, 1.165) is 4.88 Å². The van der Waals surface area contributed by atoms with Crippen molar-refractivity contribution in [2.75, 3.05) is 0 Å². The van der Waals surface area contributed by atoms with Crippen LogP contribution in [-0.2, 0) is 12.7 Å². The Morgan fingerprint density at radius 3 is 2.68 bits per heavy atom. The minimum Gasteiger partial charge on any atom is -0.477 e. The predicted molar refractivity (Wildman–Crippen MR) is 115 cm³/mol. The number of fused-ring (bicyclic) bond motifs is 1. The van der Waals surface area contributed by atoms with Crippen molar-refractivity contribution in [3.63, 3.8) is 0 Å². The van der Waals surface area contributed by atoms with E-state index < -0.39 is 17.6 Å². The zero-order valence-corrected chi connectivity index (χ0v) is 18.4. The molecule has 4 heterocycles. The van der Waals surface area contributed by atoms with Crippen LogP contribution >= 0.6 is 22.9 Å². The maximum absolute atomic E-state index is 13.3. The number of pyridine rings is 1. The number of benzene rings is 1. The molecule has 5 aromatic rings. The first-order valence-electron chi connectivity index (χ1n) is 9.60. The van der Waals surface area contributed by atoms with Crippen molar-refractivity contribution in [2.45, 2.75) is 12.7 Å². The molecule has 34 heavy (non-hydrogen) atoms. The van der Waals surface area contributed by atoms with E-state index in [1.54, 1.807) is 36.7 Å². The molecule has 0 unspecified atom stereocenters. The summed E-state index contributed by atoms with van der Waals surface area (Å²) in [5.41, 5.74) is 0.276. The summed E-state index contributed by atoms with van der Waals surface area (Å²) in [5.74, 6) is -2.12. The summed E-state index contributed by atoms with van der Waals surface area (Å²) in [5, 5.41) is 14.5. The van der Waals surface area contributed by atoms with Crippen LogP contribution in [0.4, 0.5) is 13.2 Å². The summed E-state index contributed by atoms with van der Waals surface area (Å²) in [6, 6.07) is 11.0. The number of nitrogens with zero attached hydrogens (tertiary/aromatic N) is 5. The van der Waals surface area contributed by atoms with Crippen molar-refractivity contribution in [1.82, 2.24) is 19.5 Å². The second-order valence-corrected chi connectivity index (χ2v) is 8.80. The monoisotopic (exact) mass is 506 g/mol. The Morgan fingerprint density at radius 2 is 1.97 bits per heavy atom. The maximum atomic E-state index is 13.3. The van der Waals surface area contributed by atoms with Crippen LogP contribution in [0.2, 0.25) is 4.47 Å². The number of rotatable bonds is 4. The van der Waals surface area contributed by atoms with Crippen LogP contribution in [0.5, 0.6) is 5.88 Å². The molecule has 0 bridgehead atoms. The summed E-state index contributed by atoms with van der Waals surface area (Å²) in [7, 11) is 0. The predicted octanol–water partition coefficient (Wildman–Crippen LogP) is 4.19. The van der Waals surface area contributed by atoms with Crippen molar-refractivity contribution in [2.24, 2.45) is 0 Å². The minimum absolute atomic E-state index is 0.0549. The van der Waals surface area contributed by atoms with Gasteiger partial charge in [0.1, 0.15) is 6.54 Å². The number of halogens is 4. The molecule has 1 N–H and O–H groups in total. The molecular weight excluding hydrogens is 495 g/mol. The first-order chi connectivity index (χ1) is 16.2. The number of hydrogen-bond acceptors (Lipinski definition) is 7. The van der Waals surface area contributed by atoms with Gasteiger partial charge in [-0.25, -0.2) is 9.78 Å². The zero-order chi connectivity index (χ0) is 24.0. The SMILES string of the molecule is O=c1c(-c2cccc(-c3noc(C(F)(F)F)n3)c2)c(O)[n+](Cc2cnc(Cl)s2)c2ccccn12. The quantitative estimate of drug-likeness (QED) is 0.367. The number of thiazole rings is 1. The first-order valence-corrected chi connectivity index (χ1v) is 10.8. The van der Waals surface area contributed by atoms with Gasteiger partial charge in [-0.3, -0.25) is 0 Å². The molecular formula is C21H12ClF3N5O3S+. The topological polar surface area (TPSA) is 97.4 Å². The van der Waals surface area contributed by atoms with Crippen molar-refractivity contribution in [1.29, 1.82) is 0 Å². The Hall–Kier alpha value is -3.77. The minimum atomic E-state index is -4.79. The highest BCUT2D eigenvalue weighted by Gasteiger charge is 2.38. The normalized spacial score (nSPS) is 11.9. The fraction of sp³-hybridized carbons (Fsp3) is 0.0952. The lowest BCUT2D eigenvalue weighted by Crippen LogP contribution is -2.41. The average molecular weight is 507 g/mol. The van der Waals surface area contributed by atoms with Crippen LogP contribution in [0.1, 0.15) is 10.8 Å². The van der Waals surface area contributed by atoms with Crippen molar-refractivity contribution in [3.8, 4) is 28.4 Å². The molecule has 0 saturated heterocycles. The van der Waals surface area contributed by atoms with Crippen LogP contribution in [0, 0.1) is 0 Å². The number of alkyl halides is 3. The third-order valence-corrected chi connectivity index (χ3v) is 6.04. The van der Waals surface area contributed by atoms with Gasteiger partial charge in [0.2, 0.25) is 5.82 Å². The smallest absolute Gasteiger partial charge is 0.471 e. The summed E-state index contributed by atoms with van der Waals surface area (Å²) in [4.78, 5) is 21.4. The second kappa shape index (κ2) is 8.22. The molecule has 13 heteroatoms. The second-order valence-electron chi connectivity index (χ2n) is 7.10. The van der Waals surface area contributed by atoms with E-state index in [0.29, 0.717) is 10.1 Å². The van der Waals surface area contributed by atoms with Crippen molar-refractivity contribution in [3.05, 3.63) is 80.4 Å². The Morgan fingerprint density at radius 1 is 1.18 bits per heavy atom. The largest absolute Gasteiger partial charge is 0.477 e. The summed E-state index contributed by atoms with van der Waals surface area (Å²) >= 11 is 7.16. The molecule has 0 amide bonds. The first kappa shape index (κ1) is 22.0. The van der Waals surface area contributed by atoms with Gasteiger partial charge < -0.3 is 9.63 Å². The molecule has 172 valence electrons. The summed E-state index contributed by atoms with van der Waals surface area (Å²) in [6.45, 7) is 0.177. The van der Waals surface area contributed by atoms with E-state index in [2.05, 4.69) is 19.6 Å². The van der Waals surface area contributed by atoms with Gasteiger partial charge in [0.05, 0.1) is 11.1 Å². The summed E-state index contributed by atoms with van der Waals surface area (Å²) < 4.78 is 46.1. The van der Waals surface area contributed by atoms with E-state index in [9.17, 15) is 23.1 Å². The third-order valence-electron chi connectivity index (χ3n) is 4.94. The fourth-order valence-electron chi connectivity index (χ4n) is 3.48. The Labute approximate surface area is 197 Å². The Balaban J connectivity index is 1.68. The lowest BCUT2D eigenvalue weighted by atomic mass is 10.0. The van der Waals surface area contributed by atoms with Gasteiger partial charge in [-0.1, -0.05) is 41.0 Å². The zero-order valence-electron chi connectivity index (χ0n) is 16.8. The van der Waals surface area contributed by atoms with E-state index in [-0.39, 0.29) is 34.9 Å². The van der Waals surface area contributed by atoms with E-state index in [4.69, 9.17) is 11.6 Å². The highest BCUT2D eigenvalue weighted by molar-refractivity contribution is 7.15. The third kappa shape index (κ3) is 3.90. The average Bonchev–Trinajstić information content (AvgIpc) is 3.46. The molecule has 0 aliphatic heterocycles. The van der Waals surface area contributed by atoms with E-state index in [1.165, 1.54) is 38.5 Å². The molecule has 0 saturated carbocycles. The molecule has 0 aliphatic rings. The van der Waals surface area contributed by atoms with Crippen LogP contribution < -0.4 is 10.1 Å². The molecule has 0 atom stereocenters. The van der Waals surface area contributed by atoms with Gasteiger partial charge in [0.15, 0.2) is 10.0 Å². The highest BCUT2D eigenvalue weighted by atomic mass is 35.5. The molecule has 8 nitrogen and oxygen atoms in total. The van der Waals surface area contributed by atoms with E-state index in [1.807, 2.05) is 0 Å². The molecule has 4 aromatic heterocycles. The molecule has 0 fully saturated rings. The van der Waals surface area contributed by atoms with E-state index >= 15 is 0 Å². The number of aromatic hydroxyl groups is 1. The van der Waals surface area contributed by atoms with Gasteiger partial charge >= 0.3 is 17.6 Å². The van der Waals surface area contributed by atoms with Crippen molar-refractivity contribution < 1.29 is 27.4 Å². The Kier molecular flexibility index (Phi) is 5.33. The highest BCUT2D eigenvalue weighted by Crippen LogP contribution is 2.31.